The lowest BCUT2D eigenvalue weighted by Crippen LogP contribution is -2.23. The van der Waals surface area contributed by atoms with Gasteiger partial charge in [0.15, 0.2) is 0 Å². The molecule has 0 N–H and O–H groups in total. The van der Waals surface area contributed by atoms with Crippen LogP contribution >= 0.6 is 0 Å². The van der Waals surface area contributed by atoms with E-state index in [1.807, 2.05) is 0 Å². The Hall–Kier alpha value is -1.04. The molecule has 0 aliphatic heterocycles. The van der Waals surface area contributed by atoms with Gasteiger partial charge in [-0.15, -0.1) is 0 Å². The highest BCUT2D eigenvalue weighted by Crippen LogP contribution is 2.44. The van der Waals surface area contributed by atoms with Gasteiger partial charge in [0.05, 0.1) is 0 Å². The van der Waals surface area contributed by atoms with Gasteiger partial charge in [-0.25, -0.2) is 0 Å². The molecule has 156 valence electrons. The Kier molecular flexibility index (Phi) is 9.16. The van der Waals surface area contributed by atoms with E-state index in [2.05, 4.69) is 50.3 Å². The third-order valence-corrected chi connectivity index (χ3v) is 7.71. The van der Waals surface area contributed by atoms with Crippen LogP contribution in [0.1, 0.15) is 114 Å². The molecule has 28 heavy (non-hydrogen) atoms. The lowest BCUT2D eigenvalue weighted by Gasteiger charge is -2.36. The van der Waals surface area contributed by atoms with Gasteiger partial charge in [-0.05, 0) is 79.7 Å². The van der Waals surface area contributed by atoms with Crippen molar-refractivity contribution in [3.63, 3.8) is 0 Å². The molecule has 0 aromatic heterocycles. The Labute approximate surface area is 175 Å². The fraction of sp³-hybridized carbons (Fsp3) is 0.714. The monoisotopic (exact) mass is 380 g/mol. The normalized spacial score (nSPS) is 26.3. The number of aryl methyl sites for hydroxylation is 1. The van der Waals surface area contributed by atoms with Crippen molar-refractivity contribution in [2.75, 3.05) is 0 Å². The molecule has 0 saturated heterocycles. The molecule has 3 rings (SSSR count). The van der Waals surface area contributed by atoms with Crippen molar-refractivity contribution < 1.29 is 0 Å². The van der Waals surface area contributed by atoms with E-state index >= 15 is 0 Å². The maximum atomic E-state index is 2.47. The van der Waals surface area contributed by atoms with Gasteiger partial charge < -0.3 is 0 Å². The predicted molar refractivity (Wildman–Crippen MR) is 124 cm³/mol. The summed E-state index contributed by atoms with van der Waals surface area (Å²) in [6.07, 6.45) is 24.6. The van der Waals surface area contributed by atoms with Crippen LogP contribution in [0.15, 0.2) is 36.4 Å². The Morgan fingerprint density at radius 2 is 1.61 bits per heavy atom. The molecule has 2 unspecified atom stereocenters. The van der Waals surface area contributed by atoms with Crippen LogP contribution in [0.4, 0.5) is 0 Å². The number of hydrogen-bond donors (Lipinski definition) is 0. The molecule has 2 atom stereocenters. The molecule has 0 radical (unpaired) electrons. The van der Waals surface area contributed by atoms with E-state index in [-0.39, 0.29) is 0 Å². The molecule has 1 aromatic rings. The molecule has 1 aromatic carbocycles. The van der Waals surface area contributed by atoms with Crippen molar-refractivity contribution in [1.29, 1.82) is 0 Å². The second-order valence-corrected chi connectivity index (χ2v) is 9.72. The Morgan fingerprint density at radius 3 is 2.25 bits per heavy atom. The molecule has 0 heterocycles. The number of hydrogen-bond acceptors (Lipinski definition) is 0. The number of rotatable bonds is 10. The van der Waals surface area contributed by atoms with Gasteiger partial charge in [0, 0.05) is 0 Å². The van der Waals surface area contributed by atoms with Crippen LogP contribution in [0.3, 0.4) is 0 Å². The van der Waals surface area contributed by atoms with Gasteiger partial charge in [-0.2, -0.15) is 0 Å². The van der Waals surface area contributed by atoms with Gasteiger partial charge in [-0.3, -0.25) is 0 Å². The van der Waals surface area contributed by atoms with E-state index in [0.29, 0.717) is 0 Å². The maximum Gasteiger partial charge on any atom is -0.0131 e. The summed E-state index contributed by atoms with van der Waals surface area (Å²) >= 11 is 0. The van der Waals surface area contributed by atoms with Gasteiger partial charge >= 0.3 is 0 Å². The molecule has 2 aliphatic rings. The summed E-state index contributed by atoms with van der Waals surface area (Å²) in [5.41, 5.74) is 3.12. The molecule has 0 heteroatoms. The highest BCUT2D eigenvalue weighted by Gasteiger charge is 2.30. The number of allylic oxidation sites excluding steroid dienone is 2. The lowest BCUT2D eigenvalue weighted by molar-refractivity contribution is 0.210. The highest BCUT2D eigenvalue weighted by molar-refractivity contribution is 5.26. The zero-order valence-corrected chi connectivity index (χ0v) is 18.7. The van der Waals surface area contributed by atoms with Crippen LogP contribution in [0.2, 0.25) is 0 Å². The highest BCUT2D eigenvalue weighted by atomic mass is 14.3. The first-order valence-electron chi connectivity index (χ1n) is 12.5. The average molecular weight is 381 g/mol. The van der Waals surface area contributed by atoms with E-state index < -0.39 is 0 Å². The Balaban J connectivity index is 1.59. The van der Waals surface area contributed by atoms with E-state index in [4.69, 9.17) is 0 Å². The molecule has 1 saturated carbocycles. The minimum absolute atomic E-state index is 0.795. The van der Waals surface area contributed by atoms with Crippen LogP contribution in [0.5, 0.6) is 0 Å². The fourth-order valence-electron chi connectivity index (χ4n) is 5.77. The fourth-order valence-corrected chi connectivity index (χ4v) is 5.77. The zero-order valence-electron chi connectivity index (χ0n) is 18.7. The molecule has 0 bridgehead atoms. The van der Waals surface area contributed by atoms with Crippen molar-refractivity contribution in [3.05, 3.63) is 47.5 Å². The van der Waals surface area contributed by atoms with Crippen LogP contribution in [0, 0.1) is 17.8 Å². The van der Waals surface area contributed by atoms with Gasteiger partial charge in [-0.1, -0.05) is 95.2 Å². The summed E-state index contributed by atoms with van der Waals surface area (Å²) in [5, 5.41) is 0. The third kappa shape index (κ3) is 6.50. The zero-order chi connectivity index (χ0) is 19.6. The van der Waals surface area contributed by atoms with Gasteiger partial charge in [0.2, 0.25) is 0 Å². The standard InChI is InChI=1S/C28H44/c1-3-5-6-8-11-24-16-20-27(21-17-24)28(22-25-12-9-7-10-13-25)26-18-14-23(4-2)15-19-26/h7,9,14-15,18-19,24-25,27-28H,3-6,8,10-13,16-17,20-22H2,1-2H3. The van der Waals surface area contributed by atoms with Crippen LogP contribution in [0.25, 0.3) is 0 Å². The molecule has 0 spiro atoms. The van der Waals surface area contributed by atoms with Crippen molar-refractivity contribution in [2.24, 2.45) is 17.8 Å². The van der Waals surface area contributed by atoms with Crippen molar-refractivity contribution in [2.45, 2.75) is 110 Å². The first-order chi connectivity index (χ1) is 13.8. The number of unbranched alkanes of at least 4 members (excludes halogenated alkanes) is 3. The van der Waals surface area contributed by atoms with E-state index in [1.54, 1.807) is 5.56 Å². The summed E-state index contributed by atoms with van der Waals surface area (Å²) in [7, 11) is 0. The molecule has 0 nitrogen and oxygen atoms in total. The third-order valence-electron chi connectivity index (χ3n) is 7.71. The minimum atomic E-state index is 0.795. The first-order valence-corrected chi connectivity index (χ1v) is 12.5. The summed E-state index contributed by atoms with van der Waals surface area (Å²) in [6.45, 7) is 4.59. The Bertz CT molecular complexity index is 558. The van der Waals surface area contributed by atoms with E-state index in [0.717, 1.165) is 30.1 Å². The largest absolute Gasteiger partial charge is 0.0885 e. The van der Waals surface area contributed by atoms with Crippen LogP contribution in [-0.2, 0) is 6.42 Å². The van der Waals surface area contributed by atoms with Crippen molar-refractivity contribution in [1.82, 2.24) is 0 Å². The maximum absolute atomic E-state index is 2.47. The Morgan fingerprint density at radius 1 is 0.821 bits per heavy atom. The summed E-state index contributed by atoms with van der Waals surface area (Å²) in [4.78, 5) is 0. The topological polar surface area (TPSA) is 0 Å². The summed E-state index contributed by atoms with van der Waals surface area (Å²) in [5.74, 6) is 3.65. The van der Waals surface area contributed by atoms with Crippen molar-refractivity contribution in [3.8, 4) is 0 Å². The molecule has 0 amide bonds. The van der Waals surface area contributed by atoms with Crippen LogP contribution in [-0.4, -0.2) is 0 Å². The summed E-state index contributed by atoms with van der Waals surface area (Å²) < 4.78 is 0. The lowest BCUT2D eigenvalue weighted by atomic mass is 9.69. The SMILES string of the molecule is CCCCCCC1CCC(C(CC2CC=CCC2)c2ccc(CC)cc2)CC1. The van der Waals surface area contributed by atoms with Gasteiger partial charge in [0.1, 0.15) is 0 Å². The molecule has 1 fully saturated rings. The first kappa shape index (κ1) is 21.7. The summed E-state index contributed by atoms with van der Waals surface area (Å²) in [6, 6.07) is 9.73. The van der Waals surface area contributed by atoms with Crippen molar-refractivity contribution >= 4 is 0 Å². The second kappa shape index (κ2) is 11.8. The number of benzene rings is 1. The van der Waals surface area contributed by atoms with Crippen LogP contribution < -0.4 is 0 Å². The van der Waals surface area contributed by atoms with E-state index in [1.165, 1.54) is 89.0 Å². The predicted octanol–water partition coefficient (Wildman–Crippen LogP) is 8.86. The quantitative estimate of drug-likeness (QED) is 0.281. The van der Waals surface area contributed by atoms with Gasteiger partial charge in [0.25, 0.3) is 0 Å². The molecular weight excluding hydrogens is 336 g/mol. The molecule has 2 aliphatic carbocycles. The second-order valence-electron chi connectivity index (χ2n) is 9.72. The minimum Gasteiger partial charge on any atom is -0.0885 e. The smallest absolute Gasteiger partial charge is 0.0131 e. The molecular formula is C28H44. The average Bonchev–Trinajstić information content (AvgIpc) is 2.76. The van der Waals surface area contributed by atoms with E-state index in [9.17, 15) is 0 Å².